The van der Waals surface area contributed by atoms with E-state index in [9.17, 15) is 5.11 Å². The van der Waals surface area contributed by atoms with Crippen molar-refractivity contribution in [2.45, 2.75) is 51.6 Å². The first kappa shape index (κ1) is 14.3. The zero-order chi connectivity index (χ0) is 12.0. The lowest BCUT2D eigenvalue weighted by Crippen LogP contribution is -2.45. The van der Waals surface area contributed by atoms with Crippen molar-refractivity contribution in [2.75, 3.05) is 18.6 Å². The molecular weight excluding hydrogens is 218 g/mol. The van der Waals surface area contributed by atoms with E-state index in [0.29, 0.717) is 6.54 Å². The summed E-state index contributed by atoms with van der Waals surface area (Å²) in [5, 5.41) is 10.4. The highest BCUT2D eigenvalue weighted by Crippen LogP contribution is 2.42. The molecule has 0 bridgehead atoms. The first-order chi connectivity index (χ1) is 7.64. The molecule has 0 amide bonds. The van der Waals surface area contributed by atoms with E-state index < -0.39 is 0 Å². The molecule has 16 heavy (non-hydrogen) atoms. The van der Waals surface area contributed by atoms with Crippen LogP contribution in [0, 0.1) is 11.3 Å². The molecule has 3 atom stereocenters. The van der Waals surface area contributed by atoms with Crippen molar-refractivity contribution in [1.29, 1.82) is 0 Å². The Morgan fingerprint density at radius 2 is 2.31 bits per heavy atom. The van der Waals surface area contributed by atoms with Crippen molar-refractivity contribution in [3.05, 3.63) is 0 Å². The number of rotatable bonds is 6. The average Bonchev–Trinajstić information content (AvgIpc) is 2.29. The van der Waals surface area contributed by atoms with Gasteiger partial charge in [-0.3, -0.25) is 0 Å². The van der Waals surface area contributed by atoms with E-state index in [0.717, 1.165) is 37.4 Å². The smallest absolute Gasteiger partial charge is 0.0608 e. The number of aliphatic hydroxyl groups excluding tert-OH is 1. The lowest BCUT2D eigenvalue weighted by molar-refractivity contribution is -0.0161. The predicted octanol–water partition coefficient (Wildman–Crippen LogP) is 2.65. The van der Waals surface area contributed by atoms with Gasteiger partial charge in [-0.05, 0) is 43.6 Å². The molecule has 1 saturated carbocycles. The second-order valence-electron chi connectivity index (χ2n) is 5.42. The van der Waals surface area contributed by atoms with Crippen LogP contribution < -0.4 is 5.73 Å². The summed E-state index contributed by atoms with van der Waals surface area (Å²) in [7, 11) is 0. The van der Waals surface area contributed by atoms with Crippen LogP contribution in [0.4, 0.5) is 0 Å². The molecule has 96 valence electrons. The third-order valence-corrected chi connectivity index (χ3v) is 4.76. The molecule has 0 aliphatic heterocycles. The minimum absolute atomic E-state index is 0.0239. The molecule has 3 N–H and O–H groups in total. The molecule has 1 fully saturated rings. The Kier molecular flexibility index (Phi) is 6.16. The summed E-state index contributed by atoms with van der Waals surface area (Å²) < 4.78 is 0. The Balaban J connectivity index is 2.49. The van der Waals surface area contributed by atoms with E-state index in [1.807, 2.05) is 11.8 Å². The molecule has 0 radical (unpaired) electrons. The Bertz CT molecular complexity index is 200. The van der Waals surface area contributed by atoms with Crippen molar-refractivity contribution in [2.24, 2.45) is 17.1 Å². The quantitative estimate of drug-likeness (QED) is 0.707. The minimum Gasteiger partial charge on any atom is -0.393 e. The number of hydrogen-bond donors (Lipinski definition) is 2. The molecule has 0 aromatic heterocycles. The van der Waals surface area contributed by atoms with Gasteiger partial charge in [0.05, 0.1) is 6.10 Å². The van der Waals surface area contributed by atoms with E-state index in [2.05, 4.69) is 13.2 Å². The summed E-state index contributed by atoms with van der Waals surface area (Å²) >= 11 is 1.85. The summed E-state index contributed by atoms with van der Waals surface area (Å²) in [5.74, 6) is 1.88. The maximum absolute atomic E-state index is 10.4. The van der Waals surface area contributed by atoms with Gasteiger partial charge in [-0.1, -0.05) is 19.8 Å². The van der Waals surface area contributed by atoms with E-state index in [-0.39, 0.29) is 11.5 Å². The predicted molar refractivity (Wildman–Crippen MR) is 72.7 cm³/mol. The van der Waals surface area contributed by atoms with Crippen LogP contribution in [0.2, 0.25) is 0 Å². The number of nitrogens with two attached hydrogens (primary N) is 1. The average molecular weight is 245 g/mol. The Morgan fingerprint density at radius 3 is 2.88 bits per heavy atom. The SMILES string of the molecule is CSCCCC(O)C1(CN)CCCC(C)C1. The Hall–Kier alpha value is 0.270. The van der Waals surface area contributed by atoms with Crippen LogP contribution in [0.5, 0.6) is 0 Å². The van der Waals surface area contributed by atoms with Gasteiger partial charge in [0.15, 0.2) is 0 Å². The van der Waals surface area contributed by atoms with Crippen LogP contribution in [-0.4, -0.2) is 29.8 Å². The summed E-state index contributed by atoms with van der Waals surface area (Å²) in [5.41, 5.74) is 5.96. The van der Waals surface area contributed by atoms with E-state index in [4.69, 9.17) is 5.73 Å². The van der Waals surface area contributed by atoms with Crippen molar-refractivity contribution < 1.29 is 5.11 Å². The van der Waals surface area contributed by atoms with Gasteiger partial charge in [-0.15, -0.1) is 0 Å². The third kappa shape index (κ3) is 3.64. The van der Waals surface area contributed by atoms with Crippen LogP contribution in [0.25, 0.3) is 0 Å². The molecule has 0 aromatic carbocycles. The molecular formula is C13H27NOS. The standard InChI is InChI=1S/C13H27NOS/c1-11-5-3-7-13(9-11,10-14)12(15)6-4-8-16-2/h11-12,15H,3-10,14H2,1-2H3. The summed E-state index contributed by atoms with van der Waals surface area (Å²) in [4.78, 5) is 0. The van der Waals surface area contributed by atoms with Gasteiger partial charge >= 0.3 is 0 Å². The lowest BCUT2D eigenvalue weighted by atomic mass is 9.66. The highest BCUT2D eigenvalue weighted by Gasteiger charge is 2.39. The fourth-order valence-electron chi connectivity index (χ4n) is 3.05. The fourth-order valence-corrected chi connectivity index (χ4v) is 3.51. The van der Waals surface area contributed by atoms with Crippen molar-refractivity contribution in [1.82, 2.24) is 0 Å². The van der Waals surface area contributed by atoms with Gasteiger partial charge < -0.3 is 10.8 Å². The fraction of sp³-hybridized carbons (Fsp3) is 1.00. The van der Waals surface area contributed by atoms with Gasteiger partial charge in [0.25, 0.3) is 0 Å². The second-order valence-corrected chi connectivity index (χ2v) is 6.40. The molecule has 0 aromatic rings. The molecule has 1 aliphatic carbocycles. The van der Waals surface area contributed by atoms with Gasteiger partial charge in [-0.25, -0.2) is 0 Å². The van der Waals surface area contributed by atoms with Crippen molar-refractivity contribution in [3.8, 4) is 0 Å². The first-order valence-corrected chi connectivity index (χ1v) is 7.91. The van der Waals surface area contributed by atoms with Gasteiger partial charge in [0.2, 0.25) is 0 Å². The summed E-state index contributed by atoms with van der Waals surface area (Å²) in [6.07, 6.45) is 8.74. The largest absolute Gasteiger partial charge is 0.393 e. The highest BCUT2D eigenvalue weighted by atomic mass is 32.2. The zero-order valence-electron chi connectivity index (χ0n) is 10.7. The maximum atomic E-state index is 10.4. The topological polar surface area (TPSA) is 46.2 Å². The normalized spacial score (nSPS) is 32.6. The molecule has 2 nitrogen and oxygen atoms in total. The van der Waals surface area contributed by atoms with Crippen LogP contribution in [0.3, 0.4) is 0 Å². The monoisotopic (exact) mass is 245 g/mol. The Morgan fingerprint density at radius 1 is 1.56 bits per heavy atom. The zero-order valence-corrected chi connectivity index (χ0v) is 11.6. The molecule has 3 unspecified atom stereocenters. The highest BCUT2D eigenvalue weighted by molar-refractivity contribution is 7.98. The number of aliphatic hydroxyl groups is 1. The maximum Gasteiger partial charge on any atom is 0.0608 e. The third-order valence-electron chi connectivity index (χ3n) is 4.07. The molecule has 1 rings (SSSR count). The van der Waals surface area contributed by atoms with Crippen LogP contribution in [0.15, 0.2) is 0 Å². The number of thioether (sulfide) groups is 1. The van der Waals surface area contributed by atoms with E-state index >= 15 is 0 Å². The van der Waals surface area contributed by atoms with Crippen molar-refractivity contribution >= 4 is 11.8 Å². The van der Waals surface area contributed by atoms with Crippen LogP contribution in [0.1, 0.15) is 45.4 Å². The molecule has 0 heterocycles. The van der Waals surface area contributed by atoms with Crippen LogP contribution in [-0.2, 0) is 0 Å². The molecule has 1 aliphatic rings. The molecule has 3 heteroatoms. The molecule has 0 saturated heterocycles. The lowest BCUT2D eigenvalue weighted by Gasteiger charge is -2.43. The van der Waals surface area contributed by atoms with E-state index in [1.165, 1.54) is 12.8 Å². The van der Waals surface area contributed by atoms with Crippen molar-refractivity contribution in [3.63, 3.8) is 0 Å². The second kappa shape index (κ2) is 6.87. The van der Waals surface area contributed by atoms with Gasteiger partial charge in [-0.2, -0.15) is 11.8 Å². The first-order valence-electron chi connectivity index (χ1n) is 6.51. The summed E-state index contributed by atoms with van der Waals surface area (Å²) in [6.45, 7) is 2.94. The van der Waals surface area contributed by atoms with Gasteiger partial charge in [0.1, 0.15) is 0 Å². The molecule has 0 spiro atoms. The van der Waals surface area contributed by atoms with Crippen LogP contribution >= 0.6 is 11.8 Å². The van der Waals surface area contributed by atoms with Gasteiger partial charge in [0, 0.05) is 12.0 Å². The minimum atomic E-state index is -0.188. The Labute approximate surface area is 104 Å². The number of hydrogen-bond acceptors (Lipinski definition) is 3. The summed E-state index contributed by atoms with van der Waals surface area (Å²) in [6, 6.07) is 0. The van der Waals surface area contributed by atoms with E-state index in [1.54, 1.807) is 0 Å².